The Morgan fingerprint density at radius 3 is 2.78 bits per heavy atom. The maximum Gasteiger partial charge on any atom is 0.0410 e. The average Bonchev–Trinajstić information content (AvgIpc) is 2.36. The molecule has 0 aromatic heterocycles. The molecule has 0 saturated carbocycles. The molecule has 0 radical (unpaired) electrons. The highest BCUT2D eigenvalue weighted by atomic mass is 79.9. The van der Waals surface area contributed by atoms with E-state index in [1.54, 1.807) is 0 Å². The van der Waals surface area contributed by atoms with E-state index in [0.29, 0.717) is 0 Å². The van der Waals surface area contributed by atoms with Gasteiger partial charge in [0.1, 0.15) is 0 Å². The number of hydrogen-bond donors (Lipinski definition) is 1. The Balaban J connectivity index is 2.09. The predicted molar refractivity (Wildman–Crippen MR) is 87.7 cm³/mol. The lowest BCUT2D eigenvalue weighted by molar-refractivity contribution is 0.599. The highest BCUT2D eigenvalue weighted by molar-refractivity contribution is 9.10. The zero-order chi connectivity index (χ0) is 13.2. The van der Waals surface area contributed by atoms with Gasteiger partial charge in [-0.05, 0) is 55.2 Å². The van der Waals surface area contributed by atoms with E-state index >= 15 is 0 Å². The molecular formula is C14H21BrClNS. The van der Waals surface area contributed by atoms with Crippen LogP contribution in [0.5, 0.6) is 0 Å². The van der Waals surface area contributed by atoms with Crippen molar-refractivity contribution in [3.8, 4) is 0 Å². The van der Waals surface area contributed by atoms with Gasteiger partial charge in [-0.1, -0.05) is 40.4 Å². The molecule has 1 N–H and O–H groups in total. The van der Waals surface area contributed by atoms with Crippen LogP contribution in [0.15, 0.2) is 22.7 Å². The summed E-state index contributed by atoms with van der Waals surface area (Å²) >= 11 is 11.5. The molecule has 1 aromatic rings. The van der Waals surface area contributed by atoms with E-state index in [4.69, 9.17) is 11.6 Å². The zero-order valence-corrected chi connectivity index (χ0v) is 14.0. The molecular weight excluding hydrogens is 330 g/mol. The van der Waals surface area contributed by atoms with Gasteiger partial charge in [0.2, 0.25) is 0 Å². The molecule has 0 atom stereocenters. The monoisotopic (exact) mass is 349 g/mol. The average molecular weight is 351 g/mol. The van der Waals surface area contributed by atoms with Gasteiger partial charge in [0.15, 0.2) is 0 Å². The van der Waals surface area contributed by atoms with Crippen molar-refractivity contribution in [2.75, 3.05) is 18.6 Å². The SMILES string of the molecule is CSCCCCCCNCc1cc(Cl)ccc1Br. The number of nitrogens with one attached hydrogen (secondary N) is 1. The minimum atomic E-state index is 0.798. The molecule has 0 unspecified atom stereocenters. The van der Waals surface area contributed by atoms with Crippen molar-refractivity contribution in [1.82, 2.24) is 5.32 Å². The molecule has 18 heavy (non-hydrogen) atoms. The Labute approximate surface area is 128 Å². The number of hydrogen-bond acceptors (Lipinski definition) is 2. The summed E-state index contributed by atoms with van der Waals surface area (Å²) < 4.78 is 1.12. The Bertz CT molecular complexity index is 347. The molecule has 0 saturated heterocycles. The topological polar surface area (TPSA) is 12.0 Å². The largest absolute Gasteiger partial charge is 0.313 e. The first-order valence-corrected chi connectivity index (χ1v) is 8.94. The molecule has 0 aliphatic carbocycles. The first-order chi connectivity index (χ1) is 8.74. The van der Waals surface area contributed by atoms with Crippen molar-refractivity contribution in [2.45, 2.75) is 32.2 Å². The van der Waals surface area contributed by atoms with E-state index in [9.17, 15) is 0 Å². The van der Waals surface area contributed by atoms with Gasteiger partial charge in [0, 0.05) is 16.0 Å². The molecule has 0 aliphatic rings. The van der Waals surface area contributed by atoms with E-state index in [-0.39, 0.29) is 0 Å². The summed E-state index contributed by atoms with van der Waals surface area (Å²) in [6.07, 6.45) is 7.45. The van der Waals surface area contributed by atoms with Crippen LogP contribution in [0.25, 0.3) is 0 Å². The van der Waals surface area contributed by atoms with Gasteiger partial charge in [-0.25, -0.2) is 0 Å². The van der Waals surface area contributed by atoms with Crippen LogP contribution in [-0.4, -0.2) is 18.6 Å². The lowest BCUT2D eigenvalue weighted by Gasteiger charge is -2.07. The van der Waals surface area contributed by atoms with Crippen molar-refractivity contribution in [3.05, 3.63) is 33.3 Å². The Morgan fingerprint density at radius 2 is 2.00 bits per heavy atom. The zero-order valence-electron chi connectivity index (χ0n) is 10.8. The van der Waals surface area contributed by atoms with Gasteiger partial charge in [0.25, 0.3) is 0 Å². The molecule has 1 rings (SSSR count). The maximum absolute atomic E-state index is 5.98. The van der Waals surface area contributed by atoms with Crippen molar-refractivity contribution < 1.29 is 0 Å². The van der Waals surface area contributed by atoms with Crippen LogP contribution in [0.2, 0.25) is 5.02 Å². The van der Waals surface area contributed by atoms with Gasteiger partial charge in [-0.3, -0.25) is 0 Å². The lowest BCUT2D eigenvalue weighted by atomic mass is 10.2. The van der Waals surface area contributed by atoms with Crippen LogP contribution in [0.1, 0.15) is 31.2 Å². The molecule has 1 nitrogen and oxygen atoms in total. The third-order valence-corrected chi connectivity index (χ3v) is 4.48. The normalized spacial score (nSPS) is 10.8. The van der Waals surface area contributed by atoms with Gasteiger partial charge < -0.3 is 5.32 Å². The third-order valence-electron chi connectivity index (χ3n) is 2.78. The van der Waals surface area contributed by atoms with Crippen LogP contribution >= 0.6 is 39.3 Å². The highest BCUT2D eigenvalue weighted by Crippen LogP contribution is 2.20. The van der Waals surface area contributed by atoms with Crippen LogP contribution in [0, 0.1) is 0 Å². The van der Waals surface area contributed by atoms with Crippen molar-refractivity contribution in [3.63, 3.8) is 0 Å². The van der Waals surface area contributed by atoms with Gasteiger partial charge in [0.05, 0.1) is 0 Å². The minimum absolute atomic E-state index is 0.798. The number of unbranched alkanes of at least 4 members (excludes halogenated alkanes) is 3. The van der Waals surface area contributed by atoms with E-state index < -0.39 is 0 Å². The van der Waals surface area contributed by atoms with Crippen LogP contribution in [0.4, 0.5) is 0 Å². The maximum atomic E-state index is 5.98. The third kappa shape index (κ3) is 7.03. The Kier molecular flexibility index (Phi) is 9.21. The summed E-state index contributed by atoms with van der Waals surface area (Å²) in [5.74, 6) is 1.29. The molecule has 4 heteroatoms. The van der Waals surface area contributed by atoms with Gasteiger partial charge in [-0.2, -0.15) is 11.8 Å². The van der Waals surface area contributed by atoms with Gasteiger partial charge >= 0.3 is 0 Å². The molecule has 0 bridgehead atoms. The summed E-state index contributed by atoms with van der Waals surface area (Å²) in [6.45, 7) is 1.96. The summed E-state index contributed by atoms with van der Waals surface area (Å²) in [4.78, 5) is 0. The first kappa shape index (κ1) is 16.4. The molecule has 1 aromatic carbocycles. The van der Waals surface area contributed by atoms with Crippen LogP contribution in [-0.2, 0) is 6.54 Å². The summed E-state index contributed by atoms with van der Waals surface area (Å²) in [6, 6.07) is 5.92. The standard InChI is InChI=1S/C14H21BrClNS/c1-18-9-5-3-2-4-8-17-11-12-10-13(16)6-7-14(12)15/h6-7,10,17H,2-5,8-9,11H2,1H3. The van der Waals surface area contributed by atoms with E-state index in [1.807, 2.05) is 30.0 Å². The second kappa shape index (κ2) is 10.1. The molecule has 0 heterocycles. The molecule has 0 amide bonds. The van der Waals surface area contributed by atoms with E-state index in [1.165, 1.54) is 37.0 Å². The molecule has 0 spiro atoms. The second-order valence-corrected chi connectivity index (χ2v) is 6.60. The Hall–Kier alpha value is 0.300. The number of thioether (sulfide) groups is 1. The van der Waals surface area contributed by atoms with Crippen LogP contribution in [0.3, 0.4) is 0 Å². The molecule has 0 fully saturated rings. The second-order valence-electron chi connectivity index (χ2n) is 4.32. The van der Waals surface area contributed by atoms with Gasteiger partial charge in [-0.15, -0.1) is 0 Å². The lowest BCUT2D eigenvalue weighted by Crippen LogP contribution is -2.15. The van der Waals surface area contributed by atoms with Crippen molar-refractivity contribution in [2.24, 2.45) is 0 Å². The van der Waals surface area contributed by atoms with E-state index in [0.717, 1.165) is 22.6 Å². The molecule has 102 valence electrons. The predicted octanol–water partition coefficient (Wildman–Crippen LogP) is 5.12. The minimum Gasteiger partial charge on any atom is -0.313 e. The van der Waals surface area contributed by atoms with Crippen molar-refractivity contribution >= 4 is 39.3 Å². The molecule has 0 aliphatic heterocycles. The first-order valence-electron chi connectivity index (χ1n) is 6.37. The fraction of sp³-hybridized carbons (Fsp3) is 0.571. The fourth-order valence-electron chi connectivity index (χ4n) is 1.75. The van der Waals surface area contributed by atoms with Crippen LogP contribution < -0.4 is 5.32 Å². The van der Waals surface area contributed by atoms with Crippen molar-refractivity contribution in [1.29, 1.82) is 0 Å². The summed E-state index contributed by atoms with van der Waals surface area (Å²) in [5.41, 5.74) is 1.23. The number of benzene rings is 1. The smallest absolute Gasteiger partial charge is 0.0410 e. The fourth-order valence-corrected chi connectivity index (χ4v) is 2.83. The number of halogens is 2. The summed E-state index contributed by atoms with van der Waals surface area (Å²) in [5, 5.41) is 4.26. The van der Waals surface area contributed by atoms with E-state index in [2.05, 4.69) is 27.5 Å². The number of rotatable bonds is 9. The highest BCUT2D eigenvalue weighted by Gasteiger charge is 2.00. The Morgan fingerprint density at radius 1 is 1.22 bits per heavy atom. The quantitative estimate of drug-likeness (QED) is 0.621. The summed E-state index contributed by atoms with van der Waals surface area (Å²) in [7, 11) is 0.